The van der Waals surface area contributed by atoms with Crippen molar-refractivity contribution in [3.05, 3.63) is 29.8 Å². The smallest absolute Gasteiger partial charge is 0.307 e. The van der Waals surface area contributed by atoms with Crippen LogP contribution in [-0.2, 0) is 9.53 Å². The van der Waals surface area contributed by atoms with E-state index < -0.39 is 0 Å². The van der Waals surface area contributed by atoms with Crippen LogP contribution in [0.15, 0.2) is 24.3 Å². The maximum atomic E-state index is 11.9. The Morgan fingerprint density at radius 3 is 2.73 bits per heavy atom. The van der Waals surface area contributed by atoms with Gasteiger partial charge in [0.2, 0.25) is 0 Å². The molecule has 0 bridgehead atoms. The largest absolute Gasteiger partial charge is 0.497 e. The van der Waals surface area contributed by atoms with Gasteiger partial charge in [-0.1, -0.05) is 32.3 Å². The number of rotatable bonds is 10. The van der Waals surface area contributed by atoms with Crippen LogP contribution in [0.3, 0.4) is 0 Å². The van der Waals surface area contributed by atoms with Gasteiger partial charge in [-0.25, -0.2) is 0 Å². The minimum Gasteiger partial charge on any atom is -0.497 e. The third-order valence-corrected chi connectivity index (χ3v) is 3.21. The molecule has 1 amide bonds. The van der Waals surface area contributed by atoms with E-state index in [1.54, 1.807) is 31.4 Å². The van der Waals surface area contributed by atoms with Crippen molar-refractivity contribution in [3.63, 3.8) is 0 Å². The molecule has 5 nitrogen and oxygen atoms in total. The van der Waals surface area contributed by atoms with Gasteiger partial charge in [0, 0.05) is 12.1 Å². The van der Waals surface area contributed by atoms with Crippen molar-refractivity contribution in [2.75, 3.05) is 20.3 Å². The van der Waals surface area contributed by atoms with E-state index in [1.165, 1.54) is 0 Å². The van der Waals surface area contributed by atoms with Crippen LogP contribution in [0.25, 0.3) is 0 Å². The van der Waals surface area contributed by atoms with Crippen molar-refractivity contribution in [1.82, 2.24) is 5.32 Å². The van der Waals surface area contributed by atoms with Gasteiger partial charge in [-0.05, 0) is 24.6 Å². The molecule has 22 heavy (non-hydrogen) atoms. The van der Waals surface area contributed by atoms with Gasteiger partial charge in [0.1, 0.15) is 5.75 Å². The standard InChI is InChI=1S/C17H25NO4/c1-3-4-5-6-12-22-16(19)10-11-18-17(20)14-8-7-9-15(13-14)21-2/h7-9,13H,3-6,10-12H2,1-2H3,(H,18,20). The number of methoxy groups -OCH3 is 1. The zero-order valence-corrected chi connectivity index (χ0v) is 13.4. The summed E-state index contributed by atoms with van der Waals surface area (Å²) in [6.45, 7) is 2.86. The van der Waals surface area contributed by atoms with E-state index in [4.69, 9.17) is 9.47 Å². The molecule has 1 N–H and O–H groups in total. The lowest BCUT2D eigenvalue weighted by Crippen LogP contribution is -2.26. The quantitative estimate of drug-likeness (QED) is 0.533. The molecule has 5 heteroatoms. The second kappa shape index (κ2) is 10.7. The lowest BCUT2D eigenvalue weighted by molar-refractivity contribution is -0.143. The van der Waals surface area contributed by atoms with E-state index >= 15 is 0 Å². The minimum atomic E-state index is -0.276. The number of amides is 1. The zero-order chi connectivity index (χ0) is 16.2. The van der Waals surface area contributed by atoms with Gasteiger partial charge >= 0.3 is 5.97 Å². The molecule has 0 heterocycles. The van der Waals surface area contributed by atoms with Gasteiger partial charge in [0.25, 0.3) is 5.91 Å². The number of unbranched alkanes of at least 4 members (excludes halogenated alkanes) is 3. The summed E-state index contributed by atoms with van der Waals surface area (Å²) in [5, 5.41) is 2.70. The summed E-state index contributed by atoms with van der Waals surface area (Å²) in [5.74, 6) is 0.122. The van der Waals surface area contributed by atoms with Gasteiger partial charge in [-0.3, -0.25) is 9.59 Å². The van der Waals surface area contributed by atoms with Crippen LogP contribution in [0.4, 0.5) is 0 Å². The normalized spacial score (nSPS) is 10.1. The molecule has 0 fully saturated rings. The monoisotopic (exact) mass is 307 g/mol. The fourth-order valence-corrected chi connectivity index (χ4v) is 1.93. The van der Waals surface area contributed by atoms with Crippen molar-refractivity contribution in [2.24, 2.45) is 0 Å². The molecule has 0 saturated heterocycles. The number of nitrogens with one attached hydrogen (secondary N) is 1. The molecule has 1 rings (SSSR count). The average Bonchev–Trinajstić information content (AvgIpc) is 2.54. The highest BCUT2D eigenvalue weighted by Crippen LogP contribution is 2.12. The van der Waals surface area contributed by atoms with Gasteiger partial charge in [0.05, 0.1) is 20.1 Å². The summed E-state index contributed by atoms with van der Waals surface area (Å²) in [6, 6.07) is 6.87. The SMILES string of the molecule is CCCCCCOC(=O)CCNC(=O)c1cccc(OC)c1. The van der Waals surface area contributed by atoms with Gasteiger partial charge in [0.15, 0.2) is 0 Å². The summed E-state index contributed by atoms with van der Waals surface area (Å²) >= 11 is 0. The Morgan fingerprint density at radius 2 is 2.00 bits per heavy atom. The summed E-state index contributed by atoms with van der Waals surface area (Å²) < 4.78 is 10.2. The molecule has 122 valence electrons. The van der Waals surface area contributed by atoms with Crippen LogP contribution in [0.2, 0.25) is 0 Å². The highest BCUT2D eigenvalue weighted by Gasteiger charge is 2.08. The van der Waals surface area contributed by atoms with E-state index in [1.807, 2.05) is 0 Å². The van der Waals surface area contributed by atoms with E-state index in [-0.39, 0.29) is 24.8 Å². The molecule has 0 aliphatic carbocycles. The Morgan fingerprint density at radius 1 is 1.18 bits per heavy atom. The number of benzene rings is 1. The number of esters is 1. The Labute approximate surface area is 132 Å². The number of hydrogen-bond acceptors (Lipinski definition) is 4. The topological polar surface area (TPSA) is 64.6 Å². The van der Waals surface area contributed by atoms with E-state index in [9.17, 15) is 9.59 Å². The van der Waals surface area contributed by atoms with Crippen LogP contribution in [-0.4, -0.2) is 32.1 Å². The molecule has 1 aromatic rings. The molecule has 0 unspecified atom stereocenters. The van der Waals surface area contributed by atoms with Crippen LogP contribution in [0, 0.1) is 0 Å². The molecular weight excluding hydrogens is 282 g/mol. The first kappa shape index (κ1) is 18.0. The predicted molar refractivity (Wildman–Crippen MR) is 85.0 cm³/mol. The first-order valence-electron chi connectivity index (χ1n) is 7.75. The van der Waals surface area contributed by atoms with Crippen LogP contribution >= 0.6 is 0 Å². The maximum absolute atomic E-state index is 11.9. The fraction of sp³-hybridized carbons (Fsp3) is 0.529. The number of hydrogen-bond donors (Lipinski definition) is 1. The number of carbonyl (C=O) groups is 2. The Bertz CT molecular complexity index is 473. The van der Waals surface area contributed by atoms with E-state index in [0.717, 1.165) is 25.7 Å². The van der Waals surface area contributed by atoms with Crippen LogP contribution < -0.4 is 10.1 Å². The van der Waals surface area contributed by atoms with E-state index in [0.29, 0.717) is 17.9 Å². The van der Waals surface area contributed by atoms with Gasteiger partial charge < -0.3 is 14.8 Å². The summed E-state index contributed by atoms with van der Waals surface area (Å²) in [6.07, 6.45) is 4.48. The maximum Gasteiger partial charge on any atom is 0.307 e. The number of ether oxygens (including phenoxy) is 2. The highest BCUT2D eigenvalue weighted by atomic mass is 16.5. The molecule has 0 saturated carbocycles. The fourth-order valence-electron chi connectivity index (χ4n) is 1.93. The molecule has 0 spiro atoms. The van der Waals surface area contributed by atoms with Crippen LogP contribution in [0.5, 0.6) is 5.75 Å². The predicted octanol–water partition coefficient (Wildman–Crippen LogP) is 2.94. The highest BCUT2D eigenvalue weighted by molar-refractivity contribution is 5.94. The Hall–Kier alpha value is -2.04. The van der Waals surface area contributed by atoms with Crippen molar-refractivity contribution >= 4 is 11.9 Å². The van der Waals surface area contributed by atoms with Crippen molar-refractivity contribution in [1.29, 1.82) is 0 Å². The summed E-state index contributed by atoms with van der Waals surface area (Å²) in [5.41, 5.74) is 0.507. The van der Waals surface area contributed by atoms with Crippen molar-refractivity contribution in [3.8, 4) is 5.75 Å². The third-order valence-electron chi connectivity index (χ3n) is 3.21. The van der Waals surface area contributed by atoms with E-state index in [2.05, 4.69) is 12.2 Å². The molecule has 0 aromatic heterocycles. The van der Waals surface area contributed by atoms with Crippen molar-refractivity contribution < 1.29 is 19.1 Å². The van der Waals surface area contributed by atoms with Gasteiger partial charge in [-0.2, -0.15) is 0 Å². The lowest BCUT2D eigenvalue weighted by atomic mass is 10.2. The average molecular weight is 307 g/mol. The lowest BCUT2D eigenvalue weighted by Gasteiger charge is -2.07. The molecule has 0 aliphatic rings. The molecule has 1 aromatic carbocycles. The summed E-state index contributed by atoms with van der Waals surface area (Å²) in [4.78, 5) is 23.4. The first-order chi connectivity index (χ1) is 10.7. The second-order valence-corrected chi connectivity index (χ2v) is 5.02. The van der Waals surface area contributed by atoms with Crippen molar-refractivity contribution in [2.45, 2.75) is 39.0 Å². The van der Waals surface area contributed by atoms with Crippen LogP contribution in [0.1, 0.15) is 49.4 Å². The van der Waals surface area contributed by atoms with Gasteiger partial charge in [-0.15, -0.1) is 0 Å². The Balaban J connectivity index is 2.20. The molecule has 0 atom stereocenters. The second-order valence-electron chi connectivity index (χ2n) is 5.02. The minimum absolute atomic E-state index is 0.184. The molecular formula is C17H25NO4. The number of carbonyl (C=O) groups excluding carboxylic acids is 2. The third kappa shape index (κ3) is 7.11. The molecule has 0 radical (unpaired) electrons. The molecule has 0 aliphatic heterocycles. The first-order valence-corrected chi connectivity index (χ1v) is 7.75. The summed E-state index contributed by atoms with van der Waals surface area (Å²) in [7, 11) is 1.55. The Kier molecular flexibility index (Phi) is 8.72. The zero-order valence-electron chi connectivity index (χ0n) is 13.4.